The second-order valence-corrected chi connectivity index (χ2v) is 11.7. The van der Waals surface area contributed by atoms with Crippen LogP contribution in [0.25, 0.3) is 0 Å². The number of aliphatic hydroxyl groups is 1. The summed E-state index contributed by atoms with van der Waals surface area (Å²) in [6, 6.07) is 0. The summed E-state index contributed by atoms with van der Waals surface area (Å²) in [6.07, 6.45) is 20.2. The molecule has 204 valence electrons. The molecular weight excluding hydrogens is 471 g/mol. The van der Waals surface area contributed by atoms with Crippen molar-refractivity contribution >= 4 is 26.2 Å². The predicted molar refractivity (Wildman–Crippen MR) is 146 cm³/mol. The summed E-state index contributed by atoms with van der Waals surface area (Å²) < 4.78 is 21.9. The van der Waals surface area contributed by atoms with E-state index in [4.69, 9.17) is 14.6 Å². The molecule has 0 radical (unpaired) electrons. The van der Waals surface area contributed by atoms with Gasteiger partial charge in [-0.25, -0.2) is 4.79 Å². The van der Waals surface area contributed by atoms with Gasteiger partial charge in [-0.05, 0) is 31.9 Å². The fourth-order valence-electron chi connectivity index (χ4n) is 3.86. The Labute approximate surface area is 214 Å². The number of rotatable bonds is 26. The summed E-state index contributed by atoms with van der Waals surface area (Å²) in [6.45, 7) is 7.03. The van der Waals surface area contributed by atoms with Gasteiger partial charge in [-0.3, -0.25) is 0 Å². The molecule has 0 aromatic carbocycles. The van der Waals surface area contributed by atoms with Crippen molar-refractivity contribution in [3.8, 4) is 0 Å². The van der Waals surface area contributed by atoms with Gasteiger partial charge in [-0.1, -0.05) is 97.3 Å². The normalized spacial score (nSPS) is 15.5. The number of hydrogen-bond acceptors (Lipinski definition) is 6. The van der Waals surface area contributed by atoms with Crippen molar-refractivity contribution < 1.29 is 29.0 Å². The van der Waals surface area contributed by atoms with Crippen LogP contribution in [0, 0.1) is 0 Å². The molecule has 4 atom stereocenters. The Balaban J connectivity index is 4.12. The number of thioether (sulfide) groups is 1. The number of aliphatic carboxylic acids is 1. The van der Waals surface area contributed by atoms with Gasteiger partial charge in [0.05, 0.1) is 12.7 Å². The van der Waals surface area contributed by atoms with Crippen LogP contribution in [0.2, 0.25) is 0 Å². The number of carbonyl (C=O) groups is 1. The highest BCUT2D eigenvalue weighted by Crippen LogP contribution is 2.26. The highest BCUT2D eigenvalue weighted by Gasteiger charge is 2.36. The van der Waals surface area contributed by atoms with Gasteiger partial charge in [0.15, 0.2) is 0 Å². The predicted octanol–water partition coefficient (Wildman–Crippen LogP) is 7.28. The van der Waals surface area contributed by atoms with Crippen LogP contribution >= 0.6 is 20.2 Å². The molecule has 0 rings (SSSR count). The maximum Gasteiger partial charge on any atom is 0.371 e. The lowest BCUT2D eigenvalue weighted by molar-refractivity contribution is -0.190. The topological polar surface area (TPSA) is 93.1 Å². The summed E-state index contributed by atoms with van der Waals surface area (Å²) in [5.41, 5.74) is -2.56. The van der Waals surface area contributed by atoms with E-state index in [1.54, 1.807) is 0 Å². The first-order valence-corrected chi connectivity index (χ1v) is 15.8. The third kappa shape index (κ3) is 18.2. The smallest absolute Gasteiger partial charge is 0.371 e. The number of carboxylic acids is 1. The number of carboxylic acid groups (broad SMARTS) is 1. The van der Waals surface area contributed by atoms with Gasteiger partial charge in [-0.15, -0.1) is 0 Å². The molecule has 6 nitrogen and oxygen atoms in total. The molecule has 0 saturated carbocycles. The molecule has 0 aliphatic rings. The van der Waals surface area contributed by atoms with Crippen LogP contribution < -0.4 is 0 Å². The second-order valence-electron chi connectivity index (χ2n) is 9.34. The van der Waals surface area contributed by atoms with Crippen molar-refractivity contribution in [2.75, 3.05) is 19.0 Å². The van der Waals surface area contributed by atoms with Crippen LogP contribution in [0.1, 0.15) is 124 Å². The molecule has 4 unspecified atom stereocenters. The number of hydrogen-bond donors (Lipinski definition) is 2. The summed E-state index contributed by atoms with van der Waals surface area (Å²) in [5.74, 6) is -0.439. The lowest BCUT2D eigenvalue weighted by Gasteiger charge is -2.24. The van der Waals surface area contributed by atoms with E-state index in [0.29, 0.717) is 18.3 Å². The quantitative estimate of drug-likeness (QED) is 0.0697. The van der Waals surface area contributed by atoms with Crippen molar-refractivity contribution in [1.82, 2.24) is 0 Å². The molecule has 0 saturated heterocycles. The Kier molecular flexibility index (Phi) is 23.3. The van der Waals surface area contributed by atoms with E-state index in [1.807, 2.05) is 11.8 Å². The monoisotopic (exact) mass is 524 g/mol. The molecule has 0 aromatic rings. The van der Waals surface area contributed by atoms with Crippen molar-refractivity contribution in [1.29, 1.82) is 0 Å². The van der Waals surface area contributed by atoms with Crippen molar-refractivity contribution in [2.45, 2.75) is 140 Å². The first kappa shape index (κ1) is 33.9. The summed E-state index contributed by atoms with van der Waals surface area (Å²) >= 11 is 2.03. The van der Waals surface area contributed by atoms with E-state index >= 15 is 0 Å². The Morgan fingerprint density at radius 3 is 1.91 bits per heavy atom. The maximum atomic E-state index is 10.9. The molecule has 0 bridgehead atoms. The number of ether oxygens (including phenoxy) is 2. The van der Waals surface area contributed by atoms with Crippen LogP contribution in [0.5, 0.6) is 0 Å². The fourth-order valence-corrected chi connectivity index (χ4v) is 5.50. The molecule has 0 aromatic heterocycles. The largest absolute Gasteiger partial charge is 0.477 e. The SMILES string of the molecule is CCCCCCCCCCCCSC(CCCCCC)C(C)OCCCOC(O)([PH2]=O)C(=O)O. The number of unbranched alkanes of at least 4 members (excludes halogenated alkanes) is 12. The molecule has 0 fully saturated rings. The highest BCUT2D eigenvalue weighted by molar-refractivity contribution is 7.99. The lowest BCUT2D eigenvalue weighted by atomic mass is 10.1. The molecular formula is C26H53O6PS. The standard InChI is InChI=1S/C26H53O6PS/c1-4-6-8-10-11-12-13-14-15-17-22-34-24(19-16-9-7-5-2)23(3)31-20-18-21-32-26(29,33-30)25(27)28/h23-24,29H,4-22,33H2,1-3H3,(H,27,28). The van der Waals surface area contributed by atoms with Gasteiger partial charge < -0.3 is 24.3 Å². The summed E-state index contributed by atoms with van der Waals surface area (Å²) in [4.78, 5) is 10.9. The average Bonchev–Trinajstić information content (AvgIpc) is 2.83. The summed E-state index contributed by atoms with van der Waals surface area (Å²) in [5, 5.41) is 19.0. The Morgan fingerprint density at radius 2 is 1.38 bits per heavy atom. The lowest BCUT2D eigenvalue weighted by Crippen LogP contribution is -2.36. The fraction of sp³-hybridized carbons (Fsp3) is 0.962. The van der Waals surface area contributed by atoms with E-state index in [1.165, 1.54) is 95.6 Å². The molecule has 2 N–H and O–H groups in total. The van der Waals surface area contributed by atoms with Crippen molar-refractivity contribution in [2.24, 2.45) is 0 Å². The average molecular weight is 525 g/mol. The van der Waals surface area contributed by atoms with Gasteiger partial charge in [0.1, 0.15) is 8.46 Å². The maximum absolute atomic E-state index is 10.9. The van der Waals surface area contributed by atoms with E-state index in [0.717, 1.165) is 6.42 Å². The van der Waals surface area contributed by atoms with Gasteiger partial charge in [0.25, 0.3) is 0 Å². The summed E-state index contributed by atoms with van der Waals surface area (Å²) in [7, 11) is -1.98. The van der Waals surface area contributed by atoms with Gasteiger partial charge in [-0.2, -0.15) is 11.8 Å². The van der Waals surface area contributed by atoms with Crippen LogP contribution in [0.15, 0.2) is 0 Å². The Bertz CT molecular complexity index is 496. The van der Waals surface area contributed by atoms with E-state index in [-0.39, 0.29) is 12.7 Å². The van der Waals surface area contributed by atoms with Crippen LogP contribution in [0.4, 0.5) is 0 Å². The minimum absolute atomic E-state index is 0.00231. The van der Waals surface area contributed by atoms with E-state index in [2.05, 4.69) is 20.8 Å². The Hall–Kier alpha value is -0.0700. The molecule has 34 heavy (non-hydrogen) atoms. The zero-order valence-electron chi connectivity index (χ0n) is 22.1. The second kappa shape index (κ2) is 23.3. The van der Waals surface area contributed by atoms with Crippen molar-refractivity contribution in [3.63, 3.8) is 0 Å². The van der Waals surface area contributed by atoms with Gasteiger partial charge in [0, 0.05) is 11.9 Å². The first-order chi connectivity index (χ1) is 16.4. The first-order valence-electron chi connectivity index (χ1n) is 13.7. The Morgan fingerprint density at radius 1 is 0.853 bits per heavy atom. The van der Waals surface area contributed by atoms with Crippen molar-refractivity contribution in [3.05, 3.63) is 0 Å². The van der Waals surface area contributed by atoms with E-state index in [9.17, 15) is 14.5 Å². The van der Waals surface area contributed by atoms with Crippen LogP contribution in [-0.4, -0.2) is 52.0 Å². The van der Waals surface area contributed by atoms with Crippen LogP contribution in [0.3, 0.4) is 0 Å². The van der Waals surface area contributed by atoms with Gasteiger partial charge >= 0.3 is 11.5 Å². The molecule has 0 amide bonds. The van der Waals surface area contributed by atoms with E-state index < -0.39 is 20.0 Å². The zero-order chi connectivity index (χ0) is 25.5. The molecule has 0 aliphatic carbocycles. The zero-order valence-corrected chi connectivity index (χ0v) is 24.1. The molecule has 8 heteroatoms. The van der Waals surface area contributed by atoms with Gasteiger partial charge in [0.2, 0.25) is 0 Å². The third-order valence-corrected chi connectivity index (χ3v) is 8.46. The van der Waals surface area contributed by atoms with Crippen LogP contribution in [-0.2, 0) is 18.8 Å². The minimum Gasteiger partial charge on any atom is -0.477 e. The minimum atomic E-state index is -2.56. The molecule has 0 spiro atoms. The molecule has 0 aliphatic heterocycles. The third-order valence-electron chi connectivity index (χ3n) is 6.15. The molecule has 0 heterocycles. The highest BCUT2D eigenvalue weighted by atomic mass is 32.2.